The average Bonchev–Trinajstić information content (AvgIpc) is 2.97. The molecule has 246 valence electrons. The largest absolute Gasteiger partial charge is 0.395 e. The summed E-state index contributed by atoms with van der Waals surface area (Å²) in [6, 6.07) is 0. The molecule has 0 aliphatic heterocycles. The Morgan fingerprint density at radius 1 is 0.610 bits per heavy atom. The predicted molar refractivity (Wildman–Crippen MR) is 180 cm³/mol. The molecule has 0 aromatic carbocycles. The van der Waals surface area contributed by atoms with Gasteiger partial charge in [-0.15, -0.1) is 0 Å². The van der Waals surface area contributed by atoms with E-state index in [0.29, 0.717) is 12.3 Å². The Bertz CT molecular complexity index is 520. The summed E-state index contributed by atoms with van der Waals surface area (Å²) in [5.74, 6) is 0.843. The van der Waals surface area contributed by atoms with Crippen molar-refractivity contribution in [2.45, 2.75) is 155 Å². The molecular formula is C35H74N4O2. The summed E-state index contributed by atoms with van der Waals surface area (Å²) in [5.41, 5.74) is 0. The van der Waals surface area contributed by atoms with Crippen molar-refractivity contribution in [3.63, 3.8) is 0 Å². The Kier molecular flexibility index (Phi) is 33.2. The van der Waals surface area contributed by atoms with E-state index in [4.69, 9.17) is 5.11 Å². The van der Waals surface area contributed by atoms with Crippen LogP contribution in [0, 0.1) is 5.92 Å². The third-order valence-corrected chi connectivity index (χ3v) is 8.41. The van der Waals surface area contributed by atoms with E-state index in [2.05, 4.69) is 34.7 Å². The molecule has 1 atom stereocenters. The van der Waals surface area contributed by atoms with E-state index in [0.717, 1.165) is 52.2 Å². The highest BCUT2D eigenvalue weighted by Crippen LogP contribution is 2.19. The minimum atomic E-state index is 0.201. The second-order valence-electron chi connectivity index (χ2n) is 12.5. The molecule has 0 saturated carbocycles. The van der Waals surface area contributed by atoms with Crippen LogP contribution in [0.3, 0.4) is 0 Å². The molecule has 0 radical (unpaired) electrons. The highest BCUT2D eigenvalue weighted by Gasteiger charge is 2.11. The first-order chi connectivity index (χ1) is 20.1. The number of hydrogen-bond acceptors (Lipinski definition) is 5. The predicted octanol–water partition coefficient (Wildman–Crippen LogP) is 7.44. The molecule has 6 heteroatoms. The number of aliphatic hydroxyl groups is 1. The number of carbonyl (C=O) groups excluding carboxylic acids is 1. The SMILES string of the molecule is CCCCCCCCCCCCC(CCCCCCCCCC)CNC(=O)CCNCCCNCCN(C)CCO. The van der Waals surface area contributed by atoms with Crippen LogP contribution >= 0.6 is 0 Å². The monoisotopic (exact) mass is 583 g/mol. The van der Waals surface area contributed by atoms with Gasteiger partial charge in [0.2, 0.25) is 5.91 Å². The Balaban J connectivity index is 4.00. The van der Waals surface area contributed by atoms with E-state index < -0.39 is 0 Å². The molecule has 6 nitrogen and oxygen atoms in total. The Hall–Kier alpha value is -0.690. The van der Waals surface area contributed by atoms with E-state index >= 15 is 0 Å². The van der Waals surface area contributed by atoms with Gasteiger partial charge in [0, 0.05) is 39.1 Å². The van der Waals surface area contributed by atoms with Gasteiger partial charge in [-0.1, -0.05) is 129 Å². The van der Waals surface area contributed by atoms with Crippen molar-refractivity contribution in [2.24, 2.45) is 5.92 Å². The molecule has 0 bridgehead atoms. The zero-order chi connectivity index (χ0) is 30.1. The normalized spacial score (nSPS) is 12.3. The van der Waals surface area contributed by atoms with Crippen LogP contribution in [0.2, 0.25) is 0 Å². The minimum absolute atomic E-state index is 0.201. The summed E-state index contributed by atoms with van der Waals surface area (Å²) in [6.45, 7) is 10.9. The maximum Gasteiger partial charge on any atom is 0.221 e. The summed E-state index contributed by atoms with van der Waals surface area (Å²) in [7, 11) is 2.03. The van der Waals surface area contributed by atoms with Gasteiger partial charge >= 0.3 is 0 Å². The van der Waals surface area contributed by atoms with Crippen molar-refractivity contribution in [3.05, 3.63) is 0 Å². The van der Waals surface area contributed by atoms with E-state index in [-0.39, 0.29) is 12.5 Å². The third kappa shape index (κ3) is 32.1. The fraction of sp³-hybridized carbons (Fsp3) is 0.971. The van der Waals surface area contributed by atoms with Gasteiger partial charge in [-0.2, -0.15) is 0 Å². The van der Waals surface area contributed by atoms with Gasteiger partial charge < -0.3 is 26.0 Å². The van der Waals surface area contributed by atoms with Crippen molar-refractivity contribution < 1.29 is 9.90 Å². The van der Waals surface area contributed by atoms with Crippen LogP contribution in [0.15, 0.2) is 0 Å². The second kappa shape index (κ2) is 33.8. The van der Waals surface area contributed by atoms with Gasteiger partial charge in [-0.25, -0.2) is 0 Å². The van der Waals surface area contributed by atoms with Gasteiger partial charge in [0.15, 0.2) is 0 Å². The van der Waals surface area contributed by atoms with E-state index in [1.807, 2.05) is 7.05 Å². The molecule has 0 rings (SSSR count). The number of carbonyl (C=O) groups is 1. The van der Waals surface area contributed by atoms with Gasteiger partial charge in [-0.3, -0.25) is 4.79 Å². The third-order valence-electron chi connectivity index (χ3n) is 8.41. The van der Waals surface area contributed by atoms with Crippen LogP contribution < -0.4 is 16.0 Å². The second-order valence-corrected chi connectivity index (χ2v) is 12.5. The summed E-state index contributed by atoms with van der Waals surface area (Å²) < 4.78 is 0. The zero-order valence-electron chi connectivity index (χ0n) is 28.1. The molecule has 0 aliphatic carbocycles. The number of aliphatic hydroxyl groups excluding tert-OH is 1. The average molecular weight is 583 g/mol. The number of nitrogens with zero attached hydrogens (tertiary/aromatic N) is 1. The molecule has 41 heavy (non-hydrogen) atoms. The first-order valence-corrected chi connectivity index (χ1v) is 18.1. The summed E-state index contributed by atoms with van der Waals surface area (Å²) >= 11 is 0. The standard InChI is InChI=1S/C35H74N4O2/c1-4-6-8-10-12-14-15-17-19-21-24-34(23-20-18-16-13-11-9-7-5-2)33-38-35(41)25-28-36-26-22-27-37-29-30-39(3)31-32-40/h34,36-37,40H,4-33H2,1-3H3,(H,38,41). The van der Waals surface area contributed by atoms with Crippen molar-refractivity contribution in [1.82, 2.24) is 20.9 Å². The van der Waals surface area contributed by atoms with Gasteiger partial charge in [-0.05, 0) is 45.3 Å². The molecule has 1 unspecified atom stereocenters. The highest BCUT2D eigenvalue weighted by atomic mass is 16.3. The van der Waals surface area contributed by atoms with Gasteiger partial charge in [0.25, 0.3) is 0 Å². The number of hydrogen-bond donors (Lipinski definition) is 4. The van der Waals surface area contributed by atoms with Gasteiger partial charge in [0.05, 0.1) is 6.61 Å². The lowest BCUT2D eigenvalue weighted by atomic mass is 9.93. The van der Waals surface area contributed by atoms with Crippen molar-refractivity contribution in [1.29, 1.82) is 0 Å². The summed E-state index contributed by atoms with van der Waals surface area (Å²) in [5, 5.41) is 19.1. The highest BCUT2D eigenvalue weighted by molar-refractivity contribution is 5.76. The molecule has 0 aromatic rings. The number of nitrogens with one attached hydrogen (secondary N) is 3. The van der Waals surface area contributed by atoms with Crippen LogP contribution in [0.4, 0.5) is 0 Å². The van der Waals surface area contributed by atoms with Crippen molar-refractivity contribution in [3.8, 4) is 0 Å². The molecule has 0 aromatic heterocycles. The fourth-order valence-corrected chi connectivity index (χ4v) is 5.53. The number of amides is 1. The van der Waals surface area contributed by atoms with Crippen molar-refractivity contribution in [2.75, 3.05) is 59.5 Å². The topological polar surface area (TPSA) is 76.6 Å². The molecule has 0 heterocycles. The molecule has 1 amide bonds. The summed E-state index contributed by atoms with van der Waals surface area (Å²) in [6.07, 6.45) is 29.0. The smallest absolute Gasteiger partial charge is 0.221 e. The quantitative estimate of drug-likeness (QED) is 0.0593. The molecule has 0 spiro atoms. The van der Waals surface area contributed by atoms with Crippen LogP contribution in [0.5, 0.6) is 0 Å². The van der Waals surface area contributed by atoms with E-state index in [1.165, 1.54) is 128 Å². The molecule has 4 N–H and O–H groups in total. The molecular weight excluding hydrogens is 508 g/mol. The zero-order valence-corrected chi connectivity index (χ0v) is 28.1. The van der Waals surface area contributed by atoms with Gasteiger partial charge in [0.1, 0.15) is 0 Å². The Morgan fingerprint density at radius 3 is 1.56 bits per heavy atom. The van der Waals surface area contributed by atoms with E-state index in [9.17, 15) is 4.79 Å². The summed E-state index contributed by atoms with van der Waals surface area (Å²) in [4.78, 5) is 14.6. The fourth-order valence-electron chi connectivity index (χ4n) is 5.53. The lowest BCUT2D eigenvalue weighted by Gasteiger charge is -2.18. The first-order valence-electron chi connectivity index (χ1n) is 18.1. The minimum Gasteiger partial charge on any atom is -0.395 e. The molecule has 0 aliphatic rings. The first kappa shape index (κ1) is 40.3. The van der Waals surface area contributed by atoms with Crippen LogP contribution in [-0.2, 0) is 4.79 Å². The van der Waals surface area contributed by atoms with Crippen molar-refractivity contribution >= 4 is 5.91 Å². The number of likely N-dealkylation sites (N-methyl/N-ethyl adjacent to an activating group) is 1. The molecule has 0 saturated heterocycles. The van der Waals surface area contributed by atoms with Crippen LogP contribution in [0.25, 0.3) is 0 Å². The van der Waals surface area contributed by atoms with Crippen LogP contribution in [0.1, 0.15) is 155 Å². The Morgan fingerprint density at radius 2 is 1.07 bits per heavy atom. The lowest BCUT2D eigenvalue weighted by molar-refractivity contribution is -0.121. The maximum atomic E-state index is 12.5. The molecule has 0 fully saturated rings. The van der Waals surface area contributed by atoms with Crippen LogP contribution in [-0.4, -0.2) is 75.4 Å². The lowest BCUT2D eigenvalue weighted by Crippen LogP contribution is -2.33. The van der Waals surface area contributed by atoms with E-state index in [1.54, 1.807) is 0 Å². The number of unbranched alkanes of at least 4 members (excludes halogenated alkanes) is 16. The maximum absolute atomic E-state index is 12.5. The Labute approximate surface area is 257 Å². The number of rotatable bonds is 34.